The Morgan fingerprint density at radius 2 is 2.07 bits per heavy atom. The smallest absolute Gasteiger partial charge is 0.123 e. The highest BCUT2D eigenvalue weighted by atomic mass is 19.1. The maximum Gasteiger partial charge on any atom is 0.123 e. The van der Waals surface area contributed by atoms with Crippen molar-refractivity contribution in [3.8, 4) is 0 Å². The number of nitrogens with one attached hydrogen (secondary N) is 1. The molecule has 0 heterocycles. The molecular weight excluding hydrogens is 195 g/mol. The summed E-state index contributed by atoms with van der Waals surface area (Å²) in [6.45, 7) is 1.89. The molecule has 4 heteroatoms. The fraction of sp³-hybridized carbons (Fsp3) is 0.455. The largest absolute Gasteiger partial charge is 0.379 e. The van der Waals surface area contributed by atoms with Crippen LogP contribution in [0.25, 0.3) is 0 Å². The summed E-state index contributed by atoms with van der Waals surface area (Å²) in [4.78, 5) is 0. The molecule has 84 valence electrons. The Bertz CT molecular complexity index is 272. The molecule has 0 fully saturated rings. The van der Waals surface area contributed by atoms with Crippen molar-refractivity contribution in [2.24, 2.45) is 5.73 Å². The molecule has 0 saturated carbocycles. The summed E-state index contributed by atoms with van der Waals surface area (Å²) in [5.41, 5.74) is 6.51. The van der Waals surface area contributed by atoms with Crippen LogP contribution in [0.15, 0.2) is 24.3 Å². The number of hydrogen-bond donors (Lipinski definition) is 2. The van der Waals surface area contributed by atoms with E-state index in [4.69, 9.17) is 10.5 Å². The molecule has 0 aliphatic rings. The van der Waals surface area contributed by atoms with Crippen molar-refractivity contribution in [3.63, 3.8) is 0 Å². The minimum atomic E-state index is -0.213. The summed E-state index contributed by atoms with van der Waals surface area (Å²) < 4.78 is 17.7. The minimum Gasteiger partial charge on any atom is -0.379 e. The number of rotatable bonds is 6. The maximum atomic E-state index is 12.6. The highest BCUT2D eigenvalue weighted by Crippen LogP contribution is 2.01. The molecule has 3 N–H and O–H groups in total. The molecule has 3 nitrogen and oxygen atoms in total. The van der Waals surface area contributed by atoms with E-state index in [1.165, 1.54) is 12.1 Å². The van der Waals surface area contributed by atoms with Crippen LogP contribution in [0.1, 0.15) is 5.56 Å². The molecular formula is C11H17FN2O. The monoisotopic (exact) mass is 212 g/mol. The van der Waals surface area contributed by atoms with E-state index in [0.29, 0.717) is 19.6 Å². The molecule has 0 saturated heterocycles. The standard InChI is InChI=1S/C11H17FN2O/c1-15-11(6-13)8-14-7-9-2-4-10(12)5-3-9/h2-5,11,14H,6-8,13H2,1H3. The second-order valence-electron chi connectivity index (χ2n) is 3.35. The molecule has 15 heavy (non-hydrogen) atoms. The lowest BCUT2D eigenvalue weighted by molar-refractivity contribution is 0.108. The van der Waals surface area contributed by atoms with Crippen molar-refractivity contribution < 1.29 is 9.13 Å². The van der Waals surface area contributed by atoms with Gasteiger partial charge in [0.05, 0.1) is 6.10 Å². The lowest BCUT2D eigenvalue weighted by Gasteiger charge is -2.13. The number of ether oxygens (including phenoxy) is 1. The van der Waals surface area contributed by atoms with Crippen LogP contribution < -0.4 is 11.1 Å². The Morgan fingerprint density at radius 1 is 1.40 bits per heavy atom. The van der Waals surface area contributed by atoms with Gasteiger partial charge in [-0.3, -0.25) is 0 Å². The highest BCUT2D eigenvalue weighted by Gasteiger charge is 2.02. The number of benzene rings is 1. The first-order chi connectivity index (χ1) is 7.26. The number of methoxy groups -OCH3 is 1. The average molecular weight is 212 g/mol. The number of halogens is 1. The Balaban J connectivity index is 2.28. The lowest BCUT2D eigenvalue weighted by Crippen LogP contribution is -2.33. The first-order valence-electron chi connectivity index (χ1n) is 4.94. The van der Waals surface area contributed by atoms with Crippen molar-refractivity contribution in [1.82, 2.24) is 5.32 Å². The van der Waals surface area contributed by atoms with Crippen LogP contribution in [0, 0.1) is 5.82 Å². The van der Waals surface area contributed by atoms with Gasteiger partial charge in [0.25, 0.3) is 0 Å². The van der Waals surface area contributed by atoms with Gasteiger partial charge in [0, 0.05) is 26.7 Å². The molecule has 1 unspecified atom stereocenters. The van der Waals surface area contributed by atoms with Crippen LogP contribution in [0.5, 0.6) is 0 Å². The maximum absolute atomic E-state index is 12.6. The zero-order chi connectivity index (χ0) is 11.1. The summed E-state index contributed by atoms with van der Waals surface area (Å²) in [6, 6.07) is 6.42. The zero-order valence-electron chi connectivity index (χ0n) is 8.87. The van der Waals surface area contributed by atoms with Gasteiger partial charge in [0.15, 0.2) is 0 Å². The van der Waals surface area contributed by atoms with Gasteiger partial charge < -0.3 is 15.8 Å². The van der Waals surface area contributed by atoms with Crippen LogP contribution in [-0.2, 0) is 11.3 Å². The first-order valence-corrected chi connectivity index (χ1v) is 4.94. The minimum absolute atomic E-state index is 0.0328. The highest BCUT2D eigenvalue weighted by molar-refractivity contribution is 5.15. The average Bonchev–Trinajstić information content (AvgIpc) is 2.27. The first kappa shape index (κ1) is 12.1. The van der Waals surface area contributed by atoms with Crippen molar-refractivity contribution in [2.45, 2.75) is 12.6 Å². The van der Waals surface area contributed by atoms with Crippen LogP contribution in [0.2, 0.25) is 0 Å². The third-order valence-corrected chi connectivity index (χ3v) is 2.21. The second kappa shape index (κ2) is 6.50. The van der Waals surface area contributed by atoms with E-state index in [1.54, 1.807) is 19.2 Å². The predicted molar refractivity (Wildman–Crippen MR) is 58.0 cm³/mol. The molecule has 0 aromatic heterocycles. The van der Waals surface area contributed by atoms with Crippen molar-refractivity contribution in [2.75, 3.05) is 20.2 Å². The third-order valence-electron chi connectivity index (χ3n) is 2.21. The predicted octanol–water partition coefficient (Wildman–Crippen LogP) is 0.889. The van der Waals surface area contributed by atoms with E-state index in [-0.39, 0.29) is 11.9 Å². The molecule has 0 spiro atoms. The summed E-state index contributed by atoms with van der Waals surface area (Å²) in [5.74, 6) is -0.213. The summed E-state index contributed by atoms with van der Waals surface area (Å²) in [6.07, 6.45) is 0.0328. The van der Waals surface area contributed by atoms with Crippen LogP contribution >= 0.6 is 0 Å². The van der Waals surface area contributed by atoms with Gasteiger partial charge in [-0.1, -0.05) is 12.1 Å². The van der Waals surface area contributed by atoms with Crippen molar-refractivity contribution >= 4 is 0 Å². The lowest BCUT2D eigenvalue weighted by atomic mass is 10.2. The van der Waals surface area contributed by atoms with Crippen LogP contribution in [0.3, 0.4) is 0 Å². The quantitative estimate of drug-likeness (QED) is 0.736. The van der Waals surface area contributed by atoms with Gasteiger partial charge in [-0.15, -0.1) is 0 Å². The van der Waals surface area contributed by atoms with Gasteiger partial charge in [-0.25, -0.2) is 4.39 Å². The van der Waals surface area contributed by atoms with E-state index >= 15 is 0 Å². The fourth-order valence-corrected chi connectivity index (χ4v) is 1.24. The van der Waals surface area contributed by atoms with Gasteiger partial charge in [-0.2, -0.15) is 0 Å². The molecule has 1 rings (SSSR count). The van der Waals surface area contributed by atoms with E-state index in [0.717, 1.165) is 5.56 Å². The van der Waals surface area contributed by atoms with E-state index < -0.39 is 0 Å². The Labute approximate surface area is 89.4 Å². The number of hydrogen-bond acceptors (Lipinski definition) is 3. The van der Waals surface area contributed by atoms with Crippen LogP contribution in [-0.4, -0.2) is 26.3 Å². The fourth-order valence-electron chi connectivity index (χ4n) is 1.24. The van der Waals surface area contributed by atoms with Gasteiger partial charge in [0.1, 0.15) is 5.82 Å². The topological polar surface area (TPSA) is 47.3 Å². The third kappa shape index (κ3) is 4.38. The van der Waals surface area contributed by atoms with Gasteiger partial charge in [0.2, 0.25) is 0 Å². The molecule has 1 aromatic rings. The summed E-state index contributed by atoms with van der Waals surface area (Å²) >= 11 is 0. The Hall–Kier alpha value is -0.970. The normalized spacial score (nSPS) is 12.7. The molecule has 0 radical (unpaired) electrons. The second-order valence-corrected chi connectivity index (χ2v) is 3.35. The number of nitrogens with two attached hydrogens (primary N) is 1. The molecule has 1 atom stereocenters. The molecule has 0 aliphatic heterocycles. The van der Waals surface area contributed by atoms with Gasteiger partial charge in [-0.05, 0) is 17.7 Å². The van der Waals surface area contributed by atoms with Gasteiger partial charge >= 0.3 is 0 Å². The molecule has 0 aliphatic carbocycles. The summed E-state index contributed by atoms with van der Waals surface area (Å²) in [5, 5.41) is 3.20. The molecule has 1 aromatic carbocycles. The Morgan fingerprint density at radius 3 is 2.60 bits per heavy atom. The zero-order valence-corrected chi connectivity index (χ0v) is 8.87. The molecule has 0 amide bonds. The van der Waals surface area contributed by atoms with Crippen LogP contribution in [0.4, 0.5) is 4.39 Å². The van der Waals surface area contributed by atoms with Crippen molar-refractivity contribution in [1.29, 1.82) is 0 Å². The van der Waals surface area contributed by atoms with E-state index in [1.807, 2.05) is 0 Å². The van der Waals surface area contributed by atoms with E-state index in [9.17, 15) is 4.39 Å². The Kier molecular flexibility index (Phi) is 5.25. The molecule has 0 bridgehead atoms. The summed E-state index contributed by atoms with van der Waals surface area (Å²) in [7, 11) is 1.64. The van der Waals surface area contributed by atoms with E-state index in [2.05, 4.69) is 5.32 Å². The SMILES string of the molecule is COC(CN)CNCc1ccc(F)cc1. The van der Waals surface area contributed by atoms with Crippen molar-refractivity contribution in [3.05, 3.63) is 35.6 Å².